The van der Waals surface area contributed by atoms with Gasteiger partial charge in [0.05, 0.1) is 4.91 Å². The summed E-state index contributed by atoms with van der Waals surface area (Å²) in [6.07, 6.45) is 1.63. The first-order valence-corrected chi connectivity index (χ1v) is 9.03. The maximum Gasteiger partial charge on any atom is 0.294 e. The molecule has 1 fully saturated rings. The van der Waals surface area contributed by atoms with Gasteiger partial charge in [0.15, 0.2) is 0 Å². The molecule has 3 amide bonds. The Kier molecular flexibility index (Phi) is 5.30. The fourth-order valence-corrected chi connectivity index (χ4v) is 3.74. The van der Waals surface area contributed by atoms with Crippen LogP contribution in [0.2, 0.25) is 0 Å². The SMILES string of the molecule is O=C(CN1C(=O)S/C(=C\c2cccs2)C1=O)NCc1ccccc1F. The Labute approximate surface area is 151 Å². The Morgan fingerprint density at radius 2 is 2.00 bits per heavy atom. The minimum absolute atomic E-state index is 0.00718. The number of amides is 3. The van der Waals surface area contributed by atoms with Crippen molar-refractivity contribution in [3.8, 4) is 0 Å². The summed E-state index contributed by atoms with van der Waals surface area (Å²) >= 11 is 2.25. The summed E-state index contributed by atoms with van der Waals surface area (Å²) in [5.74, 6) is -1.44. The summed E-state index contributed by atoms with van der Waals surface area (Å²) in [7, 11) is 0. The molecular weight excluding hydrogens is 363 g/mol. The number of thiophene rings is 1. The zero-order chi connectivity index (χ0) is 17.8. The van der Waals surface area contributed by atoms with Crippen molar-refractivity contribution in [3.05, 3.63) is 62.9 Å². The Morgan fingerprint density at radius 3 is 2.72 bits per heavy atom. The Balaban J connectivity index is 1.60. The molecule has 128 valence electrons. The summed E-state index contributed by atoms with van der Waals surface area (Å²) in [6.45, 7) is -0.395. The monoisotopic (exact) mass is 376 g/mol. The van der Waals surface area contributed by atoms with Gasteiger partial charge in [0, 0.05) is 17.0 Å². The van der Waals surface area contributed by atoms with E-state index in [2.05, 4.69) is 5.32 Å². The third-order valence-electron chi connectivity index (χ3n) is 3.43. The van der Waals surface area contributed by atoms with E-state index in [0.717, 1.165) is 21.5 Å². The van der Waals surface area contributed by atoms with Gasteiger partial charge in [-0.3, -0.25) is 19.3 Å². The highest BCUT2D eigenvalue weighted by atomic mass is 32.2. The fraction of sp³-hybridized carbons (Fsp3) is 0.118. The lowest BCUT2D eigenvalue weighted by atomic mass is 10.2. The van der Waals surface area contributed by atoms with Crippen LogP contribution in [0.1, 0.15) is 10.4 Å². The second-order valence-corrected chi connectivity index (χ2v) is 7.12. The third kappa shape index (κ3) is 4.15. The number of hydrogen-bond acceptors (Lipinski definition) is 5. The van der Waals surface area contributed by atoms with Gasteiger partial charge in [0.25, 0.3) is 11.1 Å². The van der Waals surface area contributed by atoms with Crippen molar-refractivity contribution in [2.75, 3.05) is 6.54 Å². The van der Waals surface area contributed by atoms with E-state index in [1.807, 2.05) is 17.5 Å². The van der Waals surface area contributed by atoms with E-state index >= 15 is 0 Å². The second kappa shape index (κ2) is 7.62. The molecule has 0 radical (unpaired) electrons. The van der Waals surface area contributed by atoms with Crippen molar-refractivity contribution in [1.29, 1.82) is 0 Å². The average molecular weight is 376 g/mol. The second-order valence-electron chi connectivity index (χ2n) is 5.15. The van der Waals surface area contributed by atoms with E-state index in [4.69, 9.17) is 0 Å². The van der Waals surface area contributed by atoms with Crippen LogP contribution >= 0.6 is 23.1 Å². The molecule has 1 saturated heterocycles. The quantitative estimate of drug-likeness (QED) is 0.814. The topological polar surface area (TPSA) is 66.5 Å². The largest absolute Gasteiger partial charge is 0.350 e. The van der Waals surface area contributed by atoms with E-state index in [9.17, 15) is 18.8 Å². The number of nitrogens with one attached hydrogen (secondary N) is 1. The molecule has 0 aliphatic carbocycles. The molecule has 1 aromatic heterocycles. The predicted molar refractivity (Wildman–Crippen MR) is 95.2 cm³/mol. The highest BCUT2D eigenvalue weighted by molar-refractivity contribution is 8.18. The van der Waals surface area contributed by atoms with Crippen LogP contribution < -0.4 is 5.32 Å². The number of halogens is 1. The average Bonchev–Trinajstić information content (AvgIpc) is 3.18. The summed E-state index contributed by atoms with van der Waals surface area (Å²) < 4.78 is 13.5. The number of carbonyl (C=O) groups excluding carboxylic acids is 3. The minimum atomic E-state index is -0.525. The number of thioether (sulfide) groups is 1. The van der Waals surface area contributed by atoms with Crippen molar-refractivity contribution in [2.45, 2.75) is 6.54 Å². The van der Waals surface area contributed by atoms with Gasteiger partial charge in [-0.2, -0.15) is 0 Å². The van der Waals surface area contributed by atoms with Crippen LogP contribution in [0.4, 0.5) is 9.18 Å². The molecule has 0 saturated carbocycles. The van der Waals surface area contributed by atoms with E-state index in [1.165, 1.54) is 17.4 Å². The first-order valence-electron chi connectivity index (χ1n) is 7.33. The lowest BCUT2D eigenvalue weighted by molar-refractivity contribution is -0.129. The van der Waals surface area contributed by atoms with Gasteiger partial charge < -0.3 is 5.32 Å². The van der Waals surface area contributed by atoms with Gasteiger partial charge in [0.1, 0.15) is 12.4 Å². The molecule has 0 unspecified atom stereocenters. The highest BCUT2D eigenvalue weighted by Crippen LogP contribution is 2.32. The summed E-state index contributed by atoms with van der Waals surface area (Å²) in [5, 5.41) is 3.89. The standard InChI is InChI=1S/C17H13FN2O3S2/c18-13-6-2-1-4-11(13)9-19-15(21)10-20-16(22)14(25-17(20)23)8-12-5-3-7-24-12/h1-8H,9-10H2,(H,19,21)/b14-8-. The van der Waals surface area contributed by atoms with E-state index in [1.54, 1.807) is 24.3 Å². The molecule has 0 spiro atoms. The van der Waals surface area contributed by atoms with Crippen LogP contribution in [0.15, 0.2) is 46.7 Å². The van der Waals surface area contributed by atoms with Gasteiger partial charge in [-0.15, -0.1) is 11.3 Å². The lowest BCUT2D eigenvalue weighted by Gasteiger charge is -2.12. The van der Waals surface area contributed by atoms with Gasteiger partial charge in [-0.25, -0.2) is 4.39 Å². The molecule has 8 heteroatoms. The lowest BCUT2D eigenvalue weighted by Crippen LogP contribution is -2.39. The Bertz CT molecular complexity index is 849. The van der Waals surface area contributed by atoms with E-state index < -0.39 is 22.9 Å². The summed E-state index contributed by atoms with van der Waals surface area (Å²) in [4.78, 5) is 38.3. The van der Waals surface area contributed by atoms with Crippen LogP contribution in [0.3, 0.4) is 0 Å². The van der Waals surface area contributed by atoms with Gasteiger partial charge in [-0.05, 0) is 35.4 Å². The molecule has 25 heavy (non-hydrogen) atoms. The predicted octanol–water partition coefficient (Wildman–Crippen LogP) is 3.24. The molecule has 5 nitrogen and oxygen atoms in total. The number of nitrogens with zero attached hydrogens (tertiary/aromatic N) is 1. The van der Waals surface area contributed by atoms with Crippen LogP contribution in [0.25, 0.3) is 6.08 Å². The fourth-order valence-electron chi connectivity index (χ4n) is 2.17. The zero-order valence-electron chi connectivity index (χ0n) is 12.9. The van der Waals surface area contributed by atoms with E-state index in [-0.39, 0.29) is 18.0 Å². The Morgan fingerprint density at radius 1 is 1.20 bits per heavy atom. The number of carbonyl (C=O) groups is 3. The maximum atomic E-state index is 13.5. The Hall–Kier alpha value is -2.45. The molecule has 3 rings (SSSR count). The van der Waals surface area contributed by atoms with Crippen LogP contribution in [0.5, 0.6) is 0 Å². The normalized spacial score (nSPS) is 15.9. The molecule has 1 aromatic carbocycles. The molecule has 2 heterocycles. The van der Waals surface area contributed by atoms with Crippen molar-refractivity contribution < 1.29 is 18.8 Å². The van der Waals surface area contributed by atoms with Crippen molar-refractivity contribution in [1.82, 2.24) is 10.2 Å². The summed E-state index contributed by atoms with van der Waals surface area (Å²) in [5.41, 5.74) is 0.336. The zero-order valence-corrected chi connectivity index (χ0v) is 14.5. The summed E-state index contributed by atoms with van der Waals surface area (Å²) in [6, 6.07) is 9.75. The first kappa shape index (κ1) is 17.4. The highest BCUT2D eigenvalue weighted by Gasteiger charge is 2.36. The number of rotatable bonds is 5. The van der Waals surface area contributed by atoms with Crippen LogP contribution in [-0.2, 0) is 16.1 Å². The smallest absolute Gasteiger partial charge is 0.294 e. The molecule has 1 aliphatic rings. The van der Waals surface area contributed by atoms with Crippen molar-refractivity contribution in [2.24, 2.45) is 0 Å². The van der Waals surface area contributed by atoms with Gasteiger partial charge in [-0.1, -0.05) is 24.3 Å². The van der Waals surface area contributed by atoms with E-state index in [0.29, 0.717) is 5.56 Å². The third-order valence-corrected chi connectivity index (χ3v) is 5.15. The van der Waals surface area contributed by atoms with Gasteiger partial charge >= 0.3 is 0 Å². The molecule has 0 bridgehead atoms. The van der Waals surface area contributed by atoms with Crippen LogP contribution in [0, 0.1) is 5.82 Å². The van der Waals surface area contributed by atoms with Crippen molar-refractivity contribution in [3.63, 3.8) is 0 Å². The number of hydrogen-bond donors (Lipinski definition) is 1. The number of benzene rings is 1. The molecule has 2 aromatic rings. The molecule has 0 atom stereocenters. The first-order chi connectivity index (χ1) is 12.0. The van der Waals surface area contributed by atoms with Gasteiger partial charge in [0.2, 0.25) is 5.91 Å². The van der Waals surface area contributed by atoms with Crippen LogP contribution in [-0.4, -0.2) is 28.5 Å². The molecular formula is C17H13FN2O3S2. The number of imide groups is 1. The molecule has 1 N–H and O–H groups in total. The maximum absolute atomic E-state index is 13.5. The minimum Gasteiger partial charge on any atom is -0.350 e. The van der Waals surface area contributed by atoms with Crippen molar-refractivity contribution >= 4 is 46.2 Å². The molecule has 1 aliphatic heterocycles.